The topological polar surface area (TPSA) is 79.5 Å². The van der Waals surface area contributed by atoms with Gasteiger partial charge in [0, 0.05) is 17.9 Å². The maximum Gasteiger partial charge on any atom is 0.261 e. The molecular formula is C18H21N3O3S2. The lowest BCUT2D eigenvalue weighted by atomic mass is 10.3. The van der Waals surface area contributed by atoms with Crippen molar-refractivity contribution in [1.82, 2.24) is 5.32 Å². The number of benzene rings is 2. The number of anilines is 2. The van der Waals surface area contributed by atoms with E-state index in [0.29, 0.717) is 28.8 Å². The molecule has 0 saturated carbocycles. The number of hydrogen-bond acceptors (Lipinski definition) is 4. The fraction of sp³-hybridized carbons (Fsp3) is 0.167. The molecule has 0 amide bonds. The van der Waals surface area contributed by atoms with Crippen molar-refractivity contribution in [2.24, 2.45) is 0 Å². The summed E-state index contributed by atoms with van der Waals surface area (Å²) in [4.78, 5) is 0.152. The Balaban J connectivity index is 2.03. The summed E-state index contributed by atoms with van der Waals surface area (Å²) in [5, 5.41) is 6.43. The third kappa shape index (κ3) is 5.75. The summed E-state index contributed by atoms with van der Waals surface area (Å²) >= 11 is 5.16. The van der Waals surface area contributed by atoms with Crippen LogP contribution < -0.4 is 20.1 Å². The van der Waals surface area contributed by atoms with Crippen molar-refractivity contribution in [2.45, 2.75) is 11.8 Å². The van der Waals surface area contributed by atoms with Gasteiger partial charge in [0.15, 0.2) is 5.11 Å². The third-order valence-electron chi connectivity index (χ3n) is 3.32. The van der Waals surface area contributed by atoms with Gasteiger partial charge in [-0.05, 0) is 67.7 Å². The van der Waals surface area contributed by atoms with Gasteiger partial charge in [0.1, 0.15) is 5.75 Å². The highest BCUT2D eigenvalue weighted by molar-refractivity contribution is 7.92. The second-order valence-corrected chi connectivity index (χ2v) is 7.71. The molecule has 3 N–H and O–H groups in total. The SMILES string of the molecule is C=C(C)CNC(=S)Nc1ccc(S(=O)(=O)Nc2ccc(OC)cc2)cc1. The fourth-order valence-electron chi connectivity index (χ4n) is 2.00. The van der Waals surface area contributed by atoms with E-state index in [1.165, 1.54) is 12.1 Å². The van der Waals surface area contributed by atoms with E-state index in [-0.39, 0.29) is 4.90 Å². The maximum absolute atomic E-state index is 12.5. The van der Waals surface area contributed by atoms with Crippen molar-refractivity contribution in [3.63, 3.8) is 0 Å². The molecule has 6 nitrogen and oxygen atoms in total. The van der Waals surface area contributed by atoms with Crippen LogP contribution in [0.5, 0.6) is 5.75 Å². The number of ether oxygens (including phenoxy) is 1. The molecule has 0 heterocycles. The van der Waals surface area contributed by atoms with Gasteiger partial charge in [-0.15, -0.1) is 0 Å². The van der Waals surface area contributed by atoms with Gasteiger partial charge in [-0.25, -0.2) is 8.42 Å². The quantitative estimate of drug-likeness (QED) is 0.496. The predicted molar refractivity (Wildman–Crippen MR) is 109 cm³/mol. The summed E-state index contributed by atoms with van der Waals surface area (Å²) < 4.78 is 32.5. The minimum atomic E-state index is -3.68. The number of thiocarbonyl (C=S) groups is 1. The number of methoxy groups -OCH3 is 1. The summed E-state index contributed by atoms with van der Waals surface area (Å²) in [6, 6.07) is 13.0. The van der Waals surface area contributed by atoms with Gasteiger partial charge in [0.25, 0.3) is 10.0 Å². The Kier molecular flexibility index (Phi) is 6.59. The van der Waals surface area contributed by atoms with Crippen molar-refractivity contribution in [1.29, 1.82) is 0 Å². The number of hydrogen-bond donors (Lipinski definition) is 3. The Morgan fingerprint density at radius 1 is 1.08 bits per heavy atom. The van der Waals surface area contributed by atoms with Crippen LogP contribution in [0.15, 0.2) is 65.6 Å². The van der Waals surface area contributed by atoms with Gasteiger partial charge in [-0.2, -0.15) is 0 Å². The highest BCUT2D eigenvalue weighted by Gasteiger charge is 2.14. The van der Waals surface area contributed by atoms with Crippen LogP contribution in [0.25, 0.3) is 0 Å². The molecule has 0 spiro atoms. The molecule has 0 saturated heterocycles. The van der Waals surface area contributed by atoms with Crippen molar-refractivity contribution in [3.05, 3.63) is 60.7 Å². The van der Waals surface area contributed by atoms with Gasteiger partial charge < -0.3 is 15.4 Å². The molecule has 2 aromatic carbocycles. The molecule has 138 valence electrons. The largest absolute Gasteiger partial charge is 0.497 e. The lowest BCUT2D eigenvalue weighted by molar-refractivity contribution is 0.415. The molecule has 0 aromatic heterocycles. The first-order valence-corrected chi connectivity index (χ1v) is 9.65. The predicted octanol–water partition coefficient (Wildman–Crippen LogP) is 3.36. The van der Waals surface area contributed by atoms with E-state index in [4.69, 9.17) is 17.0 Å². The van der Waals surface area contributed by atoms with E-state index in [1.54, 1.807) is 43.5 Å². The van der Waals surface area contributed by atoms with Gasteiger partial charge in [0.2, 0.25) is 0 Å². The van der Waals surface area contributed by atoms with E-state index >= 15 is 0 Å². The van der Waals surface area contributed by atoms with Crippen LogP contribution >= 0.6 is 12.2 Å². The zero-order valence-corrected chi connectivity index (χ0v) is 16.2. The van der Waals surface area contributed by atoms with Crippen molar-refractivity contribution >= 4 is 38.7 Å². The minimum Gasteiger partial charge on any atom is -0.497 e. The molecule has 0 aliphatic heterocycles. The summed E-state index contributed by atoms with van der Waals surface area (Å²) in [6.45, 7) is 6.25. The highest BCUT2D eigenvalue weighted by Crippen LogP contribution is 2.20. The smallest absolute Gasteiger partial charge is 0.261 e. The summed E-state index contributed by atoms with van der Waals surface area (Å²) in [5.74, 6) is 0.652. The fourth-order valence-corrected chi connectivity index (χ4v) is 3.25. The molecule has 2 rings (SSSR count). The molecule has 0 aliphatic rings. The molecule has 0 fully saturated rings. The molecule has 8 heteroatoms. The highest BCUT2D eigenvalue weighted by atomic mass is 32.2. The van der Waals surface area contributed by atoms with E-state index in [9.17, 15) is 8.42 Å². The second kappa shape index (κ2) is 8.68. The Labute approximate surface area is 159 Å². The molecule has 26 heavy (non-hydrogen) atoms. The molecule has 0 bridgehead atoms. The van der Waals surface area contributed by atoms with Crippen molar-refractivity contribution < 1.29 is 13.2 Å². The Bertz CT molecular complexity index is 877. The van der Waals surface area contributed by atoms with E-state index in [1.807, 2.05) is 6.92 Å². The van der Waals surface area contributed by atoms with Crippen LogP contribution in [0.2, 0.25) is 0 Å². The summed E-state index contributed by atoms with van der Waals surface area (Å²) in [5.41, 5.74) is 2.10. The van der Waals surface area contributed by atoms with Crippen LogP contribution in [0.3, 0.4) is 0 Å². The van der Waals surface area contributed by atoms with Crippen LogP contribution in [0.4, 0.5) is 11.4 Å². The molecule has 2 aromatic rings. The zero-order chi connectivity index (χ0) is 19.2. The Morgan fingerprint density at radius 2 is 1.65 bits per heavy atom. The monoisotopic (exact) mass is 391 g/mol. The number of sulfonamides is 1. The summed E-state index contributed by atoms with van der Waals surface area (Å²) in [7, 11) is -2.13. The molecule has 0 atom stereocenters. The second-order valence-electron chi connectivity index (χ2n) is 5.62. The van der Waals surface area contributed by atoms with Gasteiger partial charge in [0.05, 0.1) is 12.0 Å². The summed E-state index contributed by atoms with van der Waals surface area (Å²) in [6.07, 6.45) is 0. The average molecular weight is 392 g/mol. The number of rotatable bonds is 7. The first kappa shape index (κ1) is 19.7. The zero-order valence-electron chi connectivity index (χ0n) is 14.6. The average Bonchev–Trinajstić information content (AvgIpc) is 2.61. The van der Waals surface area contributed by atoms with Gasteiger partial charge >= 0.3 is 0 Å². The van der Waals surface area contributed by atoms with Crippen molar-refractivity contribution in [2.75, 3.05) is 23.7 Å². The van der Waals surface area contributed by atoms with Gasteiger partial charge in [-0.1, -0.05) is 12.2 Å². The van der Waals surface area contributed by atoms with Crippen LogP contribution in [-0.4, -0.2) is 27.2 Å². The van der Waals surface area contributed by atoms with Crippen LogP contribution in [-0.2, 0) is 10.0 Å². The lowest BCUT2D eigenvalue weighted by Gasteiger charge is -2.12. The molecule has 0 unspecified atom stereocenters. The minimum absolute atomic E-state index is 0.152. The van der Waals surface area contributed by atoms with E-state index in [2.05, 4.69) is 21.9 Å². The molecular weight excluding hydrogens is 370 g/mol. The normalized spacial score (nSPS) is 10.7. The van der Waals surface area contributed by atoms with Crippen molar-refractivity contribution in [3.8, 4) is 5.75 Å². The first-order chi connectivity index (χ1) is 12.3. The van der Waals surface area contributed by atoms with Crippen LogP contribution in [0, 0.1) is 0 Å². The maximum atomic E-state index is 12.5. The van der Waals surface area contributed by atoms with E-state index in [0.717, 1.165) is 5.57 Å². The van der Waals surface area contributed by atoms with E-state index < -0.39 is 10.0 Å². The van der Waals surface area contributed by atoms with Crippen LogP contribution in [0.1, 0.15) is 6.92 Å². The Hall–Kier alpha value is -2.58. The third-order valence-corrected chi connectivity index (χ3v) is 4.96. The van der Waals surface area contributed by atoms with Gasteiger partial charge in [-0.3, -0.25) is 4.72 Å². The lowest BCUT2D eigenvalue weighted by Crippen LogP contribution is -2.29. The first-order valence-electron chi connectivity index (χ1n) is 7.76. The molecule has 0 radical (unpaired) electrons. The Morgan fingerprint density at radius 3 is 2.19 bits per heavy atom. The number of nitrogens with one attached hydrogen (secondary N) is 3. The standard InChI is InChI=1S/C18H21N3O3S2/c1-13(2)12-19-18(25)20-14-6-10-17(11-7-14)26(22,23)21-15-4-8-16(24-3)9-5-15/h4-11,21H,1,12H2,2-3H3,(H2,19,20,25). The molecule has 0 aliphatic carbocycles.